The van der Waals surface area contributed by atoms with Crippen LogP contribution in [0.15, 0.2) is 158 Å². The van der Waals surface area contributed by atoms with Crippen LogP contribution in [0, 0.1) is 0 Å². The van der Waals surface area contributed by atoms with Gasteiger partial charge in [-0.05, 0) is 0 Å². The molecule has 2 aliphatic carbocycles. The van der Waals surface area contributed by atoms with Gasteiger partial charge in [-0.3, -0.25) is 0 Å². The van der Waals surface area contributed by atoms with Gasteiger partial charge in [0.1, 0.15) is 0 Å². The molecule has 0 saturated carbocycles. The Hall–Kier alpha value is -6.26. The maximum atomic E-state index is 5.81. The van der Waals surface area contributed by atoms with Crippen LogP contribution in [0.2, 0.25) is 0 Å². The molecule has 0 N–H and O–H groups in total. The zero-order valence-corrected chi connectivity index (χ0v) is 52.2. The Morgan fingerprint density at radius 1 is 0.305 bits per heavy atom. The maximum absolute atomic E-state index is 5.81. The van der Waals surface area contributed by atoms with E-state index in [0.717, 1.165) is 43.9 Å². The molecule has 11 aromatic rings. The van der Waals surface area contributed by atoms with E-state index in [9.17, 15) is 0 Å². The van der Waals surface area contributed by atoms with Crippen molar-refractivity contribution in [3.8, 4) is 62.3 Å². The van der Waals surface area contributed by atoms with E-state index < -0.39 is 0 Å². The van der Waals surface area contributed by atoms with Crippen LogP contribution in [0.4, 0.5) is 0 Å². The van der Waals surface area contributed by atoms with Crippen LogP contribution in [0.5, 0.6) is 0 Å². The van der Waals surface area contributed by atoms with Crippen molar-refractivity contribution in [1.82, 2.24) is 19.9 Å². The van der Waals surface area contributed by atoms with E-state index in [4.69, 9.17) is 19.9 Å². The summed E-state index contributed by atoms with van der Waals surface area (Å²) in [4.78, 5) is 21.5. The van der Waals surface area contributed by atoms with E-state index >= 15 is 0 Å². The third kappa shape index (κ3) is 9.88. The summed E-state index contributed by atoms with van der Waals surface area (Å²) in [5.74, 6) is 0. The van der Waals surface area contributed by atoms with Crippen molar-refractivity contribution in [2.75, 3.05) is 0 Å². The summed E-state index contributed by atoms with van der Waals surface area (Å²) in [5, 5.41) is 1.98. The summed E-state index contributed by atoms with van der Waals surface area (Å²) in [6.45, 7) is 9.34. The fourth-order valence-corrected chi connectivity index (χ4v) is 19.0. The van der Waals surface area contributed by atoms with Crippen molar-refractivity contribution in [2.24, 2.45) is 0 Å². The second-order valence-corrected chi connectivity index (χ2v) is 28.5. The molecular weight excluding hydrogens is 1130 g/mol. The van der Waals surface area contributed by atoms with E-state index in [1.54, 1.807) is 22.3 Å². The Labute approximate surface area is 498 Å². The predicted molar refractivity (Wildman–Crippen MR) is 351 cm³/mol. The molecule has 4 nitrogen and oxygen atoms in total. The van der Waals surface area contributed by atoms with Crippen molar-refractivity contribution < 1.29 is 0 Å². The van der Waals surface area contributed by atoms with E-state index in [1.165, 1.54) is 191 Å². The van der Waals surface area contributed by atoms with Crippen LogP contribution in [-0.4, -0.2) is 48.9 Å². The number of hydrogen-bond acceptors (Lipinski definition) is 4. The molecule has 82 heavy (non-hydrogen) atoms. The summed E-state index contributed by atoms with van der Waals surface area (Å²) in [6, 6.07) is 56.7. The van der Waals surface area contributed by atoms with Gasteiger partial charge in [-0.15, -0.1) is 0 Å². The number of nitrogens with zero attached hydrogens (tertiary/aromatic N) is 4. The van der Waals surface area contributed by atoms with Gasteiger partial charge in [0.2, 0.25) is 0 Å². The molecule has 0 saturated heterocycles. The average molecular weight is 1210 g/mol. The van der Waals surface area contributed by atoms with Crippen LogP contribution in [0.3, 0.4) is 0 Å². The van der Waals surface area contributed by atoms with Gasteiger partial charge in [0, 0.05) is 0 Å². The summed E-state index contributed by atoms with van der Waals surface area (Å²) >= 11 is 0.0959. The van der Waals surface area contributed by atoms with Gasteiger partial charge in [-0.1, -0.05) is 0 Å². The number of fused-ring (bicyclic) bond motifs is 13. The van der Waals surface area contributed by atoms with Crippen LogP contribution < -0.4 is 0 Å². The van der Waals surface area contributed by atoms with E-state index in [-0.39, 0.29) is 39.8 Å². The molecule has 414 valence electrons. The molecule has 13 rings (SSSR count). The van der Waals surface area contributed by atoms with E-state index in [1.807, 2.05) is 24.5 Å². The fraction of sp³-hybridized carbons (Fsp3) is 0.342. The second-order valence-electron chi connectivity index (χ2n) is 23.9. The third-order valence-electron chi connectivity index (χ3n) is 18.8. The molecule has 6 heteroatoms. The van der Waals surface area contributed by atoms with Gasteiger partial charge in [0.05, 0.1) is 0 Å². The van der Waals surface area contributed by atoms with Crippen LogP contribution in [-0.2, 0) is 10.8 Å². The first-order valence-corrected chi connectivity index (χ1v) is 34.9. The molecule has 5 heterocycles. The first-order chi connectivity index (χ1) is 40.5. The molecule has 2 aliphatic rings. The molecule has 0 bridgehead atoms. The Balaban J connectivity index is 0.923. The zero-order valence-electron chi connectivity index (χ0n) is 48.8. The fourth-order valence-electron chi connectivity index (χ4n) is 14.7. The molecule has 5 aromatic heterocycles. The van der Waals surface area contributed by atoms with E-state index in [2.05, 4.69) is 161 Å². The molecule has 6 aromatic carbocycles. The first kappa shape index (κ1) is 55.0. The minimum atomic E-state index is 0.0480. The van der Waals surface area contributed by atoms with Crippen LogP contribution in [0.25, 0.3) is 106 Å². The summed E-state index contributed by atoms with van der Waals surface area (Å²) in [6.07, 6.45) is 29.2. The van der Waals surface area contributed by atoms with Crippen LogP contribution >= 0.6 is 0 Å². The molecular formula is C76H78N4Se2. The Bertz CT molecular complexity index is 3820. The summed E-state index contributed by atoms with van der Waals surface area (Å²) in [7, 11) is 0. The Kier molecular flexibility index (Phi) is 16.2. The van der Waals surface area contributed by atoms with Gasteiger partial charge in [-0.25, -0.2) is 0 Å². The van der Waals surface area contributed by atoms with Gasteiger partial charge in [-0.2, -0.15) is 0 Å². The Morgan fingerprint density at radius 2 is 0.671 bits per heavy atom. The molecule has 0 aliphatic heterocycles. The number of unbranched alkanes of at least 4 members (excludes halogenated alkanes) is 12. The molecule has 0 spiro atoms. The predicted octanol–water partition coefficient (Wildman–Crippen LogP) is 21.1. The van der Waals surface area contributed by atoms with Gasteiger partial charge < -0.3 is 0 Å². The topological polar surface area (TPSA) is 51.6 Å². The quantitative estimate of drug-likeness (QED) is 0.0262. The van der Waals surface area contributed by atoms with Crippen molar-refractivity contribution >= 4 is 72.9 Å². The number of pyridine rings is 2. The van der Waals surface area contributed by atoms with Crippen molar-refractivity contribution in [1.29, 1.82) is 0 Å². The average Bonchev–Trinajstić information content (AvgIpc) is 2.04. The normalized spacial score (nSPS) is 13.8. The first-order valence-electron chi connectivity index (χ1n) is 31.4. The molecule has 0 unspecified atom stereocenters. The Morgan fingerprint density at radius 3 is 1.07 bits per heavy atom. The van der Waals surface area contributed by atoms with Crippen LogP contribution in [0.1, 0.15) is 178 Å². The minimum absolute atomic E-state index is 0.0480. The molecule has 0 atom stereocenters. The van der Waals surface area contributed by atoms with Crippen molar-refractivity contribution in [2.45, 2.75) is 167 Å². The number of aromatic nitrogens is 4. The second kappa shape index (κ2) is 24.1. The standard InChI is InChI=1S/C76H78N4Se2/c1-5-9-13-21-43-75(44-22-14-10-6-2)61-31-19-17-27-53(61)55-35-33-51(49-63(55)75)65-39-41-67(81-65)57-37-38-58(72-71(57)79-73-59-29-25-47-77-69(59)70-60(74(73)80-72)30-26-48-78-70)68-42-40-66(82-68)52-34-36-56-54-28-18-20-32-62(54)76(64(56)50-52,45-23-15-11-7-3)46-24-16-12-8-4/h17-20,25-42,47-50H,5-16,21-24,43-46H2,1-4H3. The van der Waals surface area contributed by atoms with Gasteiger partial charge >= 0.3 is 502 Å². The van der Waals surface area contributed by atoms with Gasteiger partial charge in [0.15, 0.2) is 0 Å². The molecule has 0 fully saturated rings. The van der Waals surface area contributed by atoms with Gasteiger partial charge in [0.25, 0.3) is 0 Å². The molecule has 0 amide bonds. The number of rotatable bonds is 24. The third-order valence-corrected chi connectivity index (χ3v) is 23.7. The van der Waals surface area contributed by atoms with E-state index in [0.29, 0.717) is 0 Å². The number of benzene rings is 6. The van der Waals surface area contributed by atoms with Crippen molar-refractivity contribution in [3.63, 3.8) is 0 Å². The molecule has 0 radical (unpaired) electrons. The van der Waals surface area contributed by atoms with Crippen molar-refractivity contribution in [3.05, 3.63) is 180 Å². The summed E-state index contributed by atoms with van der Waals surface area (Å²) in [5.41, 5.74) is 22.7. The monoisotopic (exact) mass is 1210 g/mol. The zero-order chi connectivity index (χ0) is 55.6. The number of hydrogen-bond donors (Lipinski definition) is 0. The SMILES string of the molecule is CCCCCCC1(CCCCCC)c2ccccc2-c2ccc(-c3ccc(-c4ccc(-c5ccc(-c6ccc7c(c6)C(CCCCCC)(CCCCCC)c6ccccc6-7)[se]5)c5nc6c7cccnc7c7ncccc7c6nc45)[se]3)cc21. The summed E-state index contributed by atoms with van der Waals surface area (Å²) < 4.78 is 5.57.